The average molecular weight is 515 g/mol. The van der Waals surface area contributed by atoms with Crippen LogP contribution in [0.4, 0.5) is 0 Å². The van der Waals surface area contributed by atoms with E-state index in [2.05, 4.69) is 15.5 Å². The minimum Gasteiger partial charge on any atom is -0.504 e. The summed E-state index contributed by atoms with van der Waals surface area (Å²) in [6.07, 6.45) is 16.6. The molecule has 9 rings (SSSR count). The van der Waals surface area contributed by atoms with Crippen LogP contribution in [0, 0.1) is 11.8 Å². The van der Waals surface area contributed by atoms with Crippen LogP contribution in [0.2, 0.25) is 0 Å². The molecule has 2 aromatic rings. The van der Waals surface area contributed by atoms with Crippen LogP contribution in [0.15, 0.2) is 12.1 Å². The van der Waals surface area contributed by atoms with Gasteiger partial charge in [0.2, 0.25) is 0 Å². The summed E-state index contributed by atoms with van der Waals surface area (Å²) in [5.74, 6) is 2.49. The Morgan fingerprint density at radius 3 is 2.58 bits per heavy atom. The van der Waals surface area contributed by atoms with E-state index in [4.69, 9.17) is 4.74 Å². The normalized spacial score (nSPS) is 35.4. The van der Waals surface area contributed by atoms with Gasteiger partial charge >= 0.3 is 0 Å². The van der Waals surface area contributed by atoms with E-state index < -0.39 is 11.0 Å². The van der Waals surface area contributed by atoms with Gasteiger partial charge in [-0.15, -0.1) is 0 Å². The van der Waals surface area contributed by atoms with Crippen LogP contribution in [-0.2, 0) is 37.6 Å². The Hall–Kier alpha value is -1.98. The van der Waals surface area contributed by atoms with Crippen LogP contribution in [0.3, 0.4) is 0 Å². The smallest absolute Gasteiger partial charge is 0.166 e. The number of aliphatic hydroxyl groups is 1. The van der Waals surface area contributed by atoms with Gasteiger partial charge in [0.05, 0.1) is 16.7 Å². The van der Waals surface area contributed by atoms with Crippen molar-refractivity contribution in [3.8, 4) is 11.5 Å². The maximum Gasteiger partial charge on any atom is 0.166 e. The molecule has 5 aliphatic carbocycles. The van der Waals surface area contributed by atoms with E-state index in [1.807, 2.05) is 6.07 Å². The molecule has 1 unspecified atom stereocenters. The number of rotatable bonds is 4. The molecule has 38 heavy (non-hydrogen) atoms. The topological polar surface area (TPSA) is 57.9 Å². The summed E-state index contributed by atoms with van der Waals surface area (Å²) in [6, 6.07) is 4.11. The second kappa shape index (κ2) is 7.81. The SMILES string of the molecule is Oc1ccc2c3c1O[C@H]1c4c(c5c(n4CC4CCCCC4)CCCC5)C[C@@]4(O)C(C2)N(CC2CC2)CC[C@]314. The first-order valence-corrected chi connectivity index (χ1v) is 15.8. The molecule has 1 saturated heterocycles. The van der Waals surface area contributed by atoms with Crippen molar-refractivity contribution in [1.29, 1.82) is 0 Å². The highest BCUT2D eigenvalue weighted by Crippen LogP contribution is 2.69. The quantitative estimate of drug-likeness (QED) is 0.577. The lowest BCUT2D eigenvalue weighted by molar-refractivity contribution is -0.174. The number of phenolic OH excluding ortho intramolecular Hbond substituents is 1. The summed E-state index contributed by atoms with van der Waals surface area (Å²) >= 11 is 0. The maximum atomic E-state index is 13.2. The number of fused-ring (bicyclic) bond motifs is 4. The van der Waals surface area contributed by atoms with Gasteiger partial charge in [0.15, 0.2) is 17.6 Å². The molecule has 5 heteroatoms. The third kappa shape index (κ3) is 2.80. The fourth-order valence-corrected chi connectivity index (χ4v) is 10.2. The fraction of sp³-hybridized carbons (Fsp3) is 0.697. The Kier molecular flexibility index (Phi) is 4.69. The van der Waals surface area contributed by atoms with Gasteiger partial charge in [-0.2, -0.15) is 0 Å². The van der Waals surface area contributed by atoms with Crippen LogP contribution in [0.25, 0.3) is 0 Å². The first kappa shape index (κ1) is 22.8. The van der Waals surface area contributed by atoms with Crippen molar-refractivity contribution in [3.63, 3.8) is 0 Å². The second-order valence-electron chi connectivity index (χ2n) is 14.0. The molecule has 2 N–H and O–H groups in total. The lowest BCUT2D eigenvalue weighted by Crippen LogP contribution is -2.74. The molecule has 202 valence electrons. The van der Waals surface area contributed by atoms with E-state index in [-0.39, 0.29) is 17.9 Å². The number of benzene rings is 1. The van der Waals surface area contributed by atoms with Crippen LogP contribution in [-0.4, -0.2) is 44.4 Å². The molecule has 1 spiro atoms. The molecular weight excluding hydrogens is 472 g/mol. The Balaban J connectivity index is 1.26. The van der Waals surface area contributed by atoms with Gasteiger partial charge in [-0.05, 0) is 105 Å². The Labute approximate surface area is 226 Å². The van der Waals surface area contributed by atoms with Crippen LogP contribution >= 0.6 is 0 Å². The van der Waals surface area contributed by atoms with Gasteiger partial charge in [-0.3, -0.25) is 4.90 Å². The number of piperidine rings is 1. The molecule has 4 atom stereocenters. The van der Waals surface area contributed by atoms with Crippen molar-refractivity contribution in [2.75, 3.05) is 13.1 Å². The standard InChI is InChI=1S/C33H42N2O3/c36-26-13-12-22-16-27-33(37)17-24-23-8-4-5-9-25(23)35(19-20-6-2-1-3-7-20)29(24)31-32(33,28(22)30(26)38-31)14-15-34(27)18-21-10-11-21/h12-13,20-21,27,31,36-37H,1-11,14-19H2/t27?,31-,32-,33+/m0/s1. The number of aromatic nitrogens is 1. The van der Waals surface area contributed by atoms with Gasteiger partial charge in [0.25, 0.3) is 0 Å². The summed E-state index contributed by atoms with van der Waals surface area (Å²) < 4.78 is 9.71. The lowest BCUT2D eigenvalue weighted by Gasteiger charge is -2.63. The largest absolute Gasteiger partial charge is 0.504 e. The van der Waals surface area contributed by atoms with Crippen LogP contribution in [0.5, 0.6) is 11.5 Å². The number of nitrogens with zero attached hydrogens (tertiary/aromatic N) is 2. The molecule has 3 heterocycles. The Bertz CT molecular complexity index is 1320. The summed E-state index contributed by atoms with van der Waals surface area (Å²) in [7, 11) is 0. The summed E-state index contributed by atoms with van der Waals surface area (Å²) in [6.45, 7) is 3.26. The molecule has 0 radical (unpaired) electrons. The Morgan fingerprint density at radius 1 is 0.921 bits per heavy atom. The van der Waals surface area contributed by atoms with Gasteiger partial charge in [-0.25, -0.2) is 0 Å². The van der Waals surface area contributed by atoms with E-state index in [1.54, 1.807) is 11.3 Å². The molecule has 0 amide bonds. The van der Waals surface area contributed by atoms with Crippen molar-refractivity contribution >= 4 is 0 Å². The summed E-state index contributed by atoms with van der Waals surface area (Å²) in [5, 5.41) is 24.3. The Morgan fingerprint density at radius 2 is 1.74 bits per heavy atom. The zero-order chi connectivity index (χ0) is 25.2. The first-order valence-electron chi connectivity index (χ1n) is 15.8. The molecule has 5 nitrogen and oxygen atoms in total. The van der Waals surface area contributed by atoms with E-state index in [9.17, 15) is 10.2 Å². The number of likely N-dealkylation sites (tertiary alicyclic amines) is 1. The number of hydrogen-bond donors (Lipinski definition) is 2. The number of hydrogen-bond acceptors (Lipinski definition) is 4. The van der Waals surface area contributed by atoms with Gasteiger partial charge < -0.3 is 19.5 Å². The third-order valence-corrected chi connectivity index (χ3v) is 12.1. The van der Waals surface area contributed by atoms with Crippen LogP contribution in [0.1, 0.15) is 104 Å². The molecule has 2 saturated carbocycles. The highest BCUT2D eigenvalue weighted by atomic mass is 16.5. The van der Waals surface area contributed by atoms with Crippen molar-refractivity contribution in [3.05, 3.63) is 45.8 Å². The average Bonchev–Trinajstić information content (AvgIpc) is 3.61. The van der Waals surface area contributed by atoms with Gasteiger partial charge in [0, 0.05) is 36.8 Å². The zero-order valence-electron chi connectivity index (χ0n) is 22.7. The predicted molar refractivity (Wildman–Crippen MR) is 146 cm³/mol. The van der Waals surface area contributed by atoms with E-state index in [0.29, 0.717) is 5.75 Å². The fourth-order valence-electron chi connectivity index (χ4n) is 10.2. The summed E-state index contributed by atoms with van der Waals surface area (Å²) in [5.41, 5.74) is 7.04. The molecule has 1 aromatic carbocycles. The molecule has 7 aliphatic rings. The molecular formula is C33H42N2O3. The molecule has 3 fully saturated rings. The monoisotopic (exact) mass is 514 g/mol. The van der Waals surface area contributed by atoms with E-state index >= 15 is 0 Å². The van der Waals surface area contributed by atoms with E-state index in [0.717, 1.165) is 69.1 Å². The van der Waals surface area contributed by atoms with Gasteiger partial charge in [0.1, 0.15) is 0 Å². The maximum absolute atomic E-state index is 13.2. The van der Waals surface area contributed by atoms with Crippen molar-refractivity contribution < 1.29 is 14.9 Å². The number of ether oxygens (including phenoxy) is 1. The summed E-state index contributed by atoms with van der Waals surface area (Å²) in [4.78, 5) is 2.66. The van der Waals surface area contributed by atoms with Crippen molar-refractivity contribution in [2.45, 2.75) is 120 Å². The molecule has 1 aromatic heterocycles. The number of phenols is 1. The minimum atomic E-state index is -0.855. The van der Waals surface area contributed by atoms with Gasteiger partial charge in [-0.1, -0.05) is 25.3 Å². The predicted octanol–water partition coefficient (Wildman–Crippen LogP) is 5.35. The lowest BCUT2D eigenvalue weighted by atomic mass is 9.49. The second-order valence-corrected chi connectivity index (χ2v) is 14.0. The van der Waals surface area contributed by atoms with E-state index in [1.165, 1.54) is 74.6 Å². The molecule has 2 aliphatic heterocycles. The minimum absolute atomic E-state index is 0.125. The van der Waals surface area contributed by atoms with Crippen molar-refractivity contribution in [1.82, 2.24) is 9.47 Å². The highest BCUT2D eigenvalue weighted by molar-refractivity contribution is 5.65. The van der Waals surface area contributed by atoms with Crippen LogP contribution < -0.4 is 4.74 Å². The highest BCUT2D eigenvalue weighted by Gasteiger charge is 2.73. The van der Waals surface area contributed by atoms with Crippen molar-refractivity contribution in [2.24, 2.45) is 11.8 Å². The number of aromatic hydroxyl groups is 1. The zero-order valence-corrected chi connectivity index (χ0v) is 22.7. The molecule has 2 bridgehead atoms. The third-order valence-electron chi connectivity index (χ3n) is 12.1. The first-order chi connectivity index (χ1) is 18.6.